The van der Waals surface area contributed by atoms with Gasteiger partial charge in [-0.05, 0) is 30.7 Å². The normalized spacial score (nSPS) is 10.5. The molecule has 17 heavy (non-hydrogen) atoms. The largest absolute Gasteiger partial charge is 0.271 e. The molecule has 0 aliphatic rings. The molecule has 0 saturated carbocycles. The smallest absolute Gasteiger partial charge is 0.156 e. The van der Waals surface area contributed by atoms with Gasteiger partial charge in [0, 0.05) is 6.20 Å². The number of rotatable bonds is 4. The van der Waals surface area contributed by atoms with Crippen molar-refractivity contribution in [3.8, 4) is 5.82 Å². The maximum atomic E-state index is 5.29. The van der Waals surface area contributed by atoms with Gasteiger partial charge < -0.3 is 0 Å². The summed E-state index contributed by atoms with van der Waals surface area (Å²) in [5.74, 6) is 6.10. The molecule has 0 unspecified atom stereocenters. The van der Waals surface area contributed by atoms with E-state index in [0.717, 1.165) is 22.8 Å². The standard InChI is InChI=1S/C12H15N5/c1-3-11-7-10(8-15-13)16-17(11)12-9(2)5-4-6-14-12/h3-7,15H,1,8,13H2,2H3. The Balaban J connectivity index is 2.51. The molecule has 0 spiro atoms. The number of nitrogens with two attached hydrogens (primary N) is 1. The first-order chi connectivity index (χ1) is 8.26. The molecule has 0 aromatic carbocycles. The summed E-state index contributed by atoms with van der Waals surface area (Å²) in [5, 5.41) is 4.44. The predicted molar refractivity (Wildman–Crippen MR) is 67.2 cm³/mol. The average molecular weight is 229 g/mol. The highest BCUT2D eigenvalue weighted by Gasteiger charge is 2.09. The number of hydrogen-bond acceptors (Lipinski definition) is 4. The molecule has 0 saturated heterocycles. The molecule has 88 valence electrons. The Kier molecular flexibility index (Phi) is 3.32. The third kappa shape index (κ3) is 2.25. The van der Waals surface area contributed by atoms with Crippen LogP contribution >= 0.6 is 0 Å². The van der Waals surface area contributed by atoms with E-state index in [4.69, 9.17) is 5.84 Å². The van der Waals surface area contributed by atoms with E-state index in [1.807, 2.05) is 25.1 Å². The Hall–Kier alpha value is -1.98. The zero-order chi connectivity index (χ0) is 12.3. The second-order valence-electron chi connectivity index (χ2n) is 3.70. The molecule has 5 nitrogen and oxygen atoms in total. The van der Waals surface area contributed by atoms with Crippen molar-refractivity contribution in [3.05, 3.63) is 47.9 Å². The second-order valence-corrected chi connectivity index (χ2v) is 3.70. The van der Waals surface area contributed by atoms with Crippen molar-refractivity contribution in [2.45, 2.75) is 13.5 Å². The van der Waals surface area contributed by atoms with Crippen LogP contribution in [0.5, 0.6) is 0 Å². The molecular weight excluding hydrogens is 214 g/mol. The molecule has 0 fully saturated rings. The summed E-state index contributed by atoms with van der Waals surface area (Å²) >= 11 is 0. The number of hydrazine groups is 1. The predicted octanol–water partition coefficient (Wildman–Crippen LogP) is 1.18. The van der Waals surface area contributed by atoms with Crippen LogP contribution in [0.3, 0.4) is 0 Å². The molecule has 0 atom stereocenters. The van der Waals surface area contributed by atoms with Crippen molar-refractivity contribution in [2.24, 2.45) is 5.84 Å². The van der Waals surface area contributed by atoms with E-state index < -0.39 is 0 Å². The van der Waals surface area contributed by atoms with E-state index in [0.29, 0.717) is 6.54 Å². The monoisotopic (exact) mass is 229 g/mol. The van der Waals surface area contributed by atoms with E-state index in [2.05, 4.69) is 22.1 Å². The van der Waals surface area contributed by atoms with Crippen LogP contribution in [0.1, 0.15) is 17.0 Å². The van der Waals surface area contributed by atoms with Crippen LogP contribution in [0.4, 0.5) is 0 Å². The van der Waals surface area contributed by atoms with Crippen LogP contribution in [0.25, 0.3) is 11.9 Å². The minimum absolute atomic E-state index is 0.514. The van der Waals surface area contributed by atoms with Gasteiger partial charge in [0.25, 0.3) is 0 Å². The minimum atomic E-state index is 0.514. The van der Waals surface area contributed by atoms with E-state index >= 15 is 0 Å². The Morgan fingerprint density at radius 1 is 1.59 bits per heavy atom. The van der Waals surface area contributed by atoms with Crippen LogP contribution in [-0.4, -0.2) is 14.8 Å². The molecule has 2 rings (SSSR count). The molecular formula is C12H15N5. The van der Waals surface area contributed by atoms with Crippen molar-refractivity contribution in [3.63, 3.8) is 0 Å². The minimum Gasteiger partial charge on any atom is -0.271 e. The summed E-state index contributed by atoms with van der Waals surface area (Å²) < 4.78 is 1.77. The fourth-order valence-electron chi connectivity index (χ4n) is 1.65. The van der Waals surface area contributed by atoms with Crippen molar-refractivity contribution in [1.29, 1.82) is 0 Å². The first kappa shape index (κ1) is 11.5. The highest BCUT2D eigenvalue weighted by atomic mass is 15.3. The van der Waals surface area contributed by atoms with Gasteiger partial charge in [0.1, 0.15) is 0 Å². The van der Waals surface area contributed by atoms with Gasteiger partial charge in [-0.1, -0.05) is 12.6 Å². The van der Waals surface area contributed by atoms with Crippen molar-refractivity contribution in [2.75, 3.05) is 0 Å². The molecule has 5 heteroatoms. The zero-order valence-electron chi connectivity index (χ0n) is 9.72. The number of nitrogens with zero attached hydrogens (tertiary/aromatic N) is 3. The van der Waals surface area contributed by atoms with Crippen LogP contribution in [-0.2, 0) is 6.54 Å². The van der Waals surface area contributed by atoms with Crippen molar-refractivity contribution in [1.82, 2.24) is 20.2 Å². The van der Waals surface area contributed by atoms with Crippen LogP contribution < -0.4 is 11.3 Å². The van der Waals surface area contributed by atoms with E-state index in [1.165, 1.54) is 0 Å². The van der Waals surface area contributed by atoms with Crippen LogP contribution in [0.15, 0.2) is 31.0 Å². The average Bonchev–Trinajstić information content (AvgIpc) is 2.73. The lowest BCUT2D eigenvalue weighted by Gasteiger charge is -2.06. The molecule has 0 bridgehead atoms. The van der Waals surface area contributed by atoms with Gasteiger partial charge in [0.15, 0.2) is 5.82 Å². The first-order valence-electron chi connectivity index (χ1n) is 5.33. The van der Waals surface area contributed by atoms with Gasteiger partial charge in [0.05, 0.1) is 17.9 Å². The first-order valence-corrected chi connectivity index (χ1v) is 5.33. The molecule has 2 heterocycles. The van der Waals surface area contributed by atoms with E-state index in [9.17, 15) is 0 Å². The van der Waals surface area contributed by atoms with Gasteiger partial charge in [-0.3, -0.25) is 11.3 Å². The third-order valence-electron chi connectivity index (χ3n) is 2.46. The quantitative estimate of drug-likeness (QED) is 0.610. The second kappa shape index (κ2) is 4.90. The summed E-state index contributed by atoms with van der Waals surface area (Å²) in [5.41, 5.74) is 5.40. The lowest BCUT2D eigenvalue weighted by molar-refractivity contribution is 0.701. The molecule has 2 aromatic rings. The number of nitrogens with one attached hydrogen (secondary N) is 1. The number of pyridine rings is 1. The Labute approximate surface area is 99.9 Å². The summed E-state index contributed by atoms with van der Waals surface area (Å²) in [7, 11) is 0. The molecule has 3 N–H and O–H groups in total. The van der Waals surface area contributed by atoms with Gasteiger partial charge >= 0.3 is 0 Å². The Bertz CT molecular complexity index is 529. The topological polar surface area (TPSA) is 68.8 Å². The van der Waals surface area contributed by atoms with Gasteiger partial charge in [-0.15, -0.1) is 0 Å². The zero-order valence-corrected chi connectivity index (χ0v) is 9.72. The molecule has 0 aliphatic heterocycles. The van der Waals surface area contributed by atoms with Gasteiger partial charge in [0.2, 0.25) is 0 Å². The maximum Gasteiger partial charge on any atom is 0.156 e. The third-order valence-corrected chi connectivity index (χ3v) is 2.46. The summed E-state index contributed by atoms with van der Waals surface area (Å²) in [6.07, 6.45) is 3.50. The SMILES string of the molecule is C=Cc1cc(CNN)nn1-c1ncccc1C. The van der Waals surface area contributed by atoms with Crippen LogP contribution in [0, 0.1) is 6.92 Å². The molecule has 2 aromatic heterocycles. The molecule has 0 radical (unpaired) electrons. The maximum absolute atomic E-state index is 5.29. The summed E-state index contributed by atoms with van der Waals surface area (Å²) in [6, 6.07) is 5.83. The molecule has 0 aliphatic carbocycles. The highest BCUT2D eigenvalue weighted by Crippen LogP contribution is 2.14. The van der Waals surface area contributed by atoms with Crippen molar-refractivity contribution < 1.29 is 0 Å². The fraction of sp³-hybridized carbons (Fsp3) is 0.167. The Morgan fingerprint density at radius 2 is 2.41 bits per heavy atom. The van der Waals surface area contributed by atoms with Gasteiger partial charge in [-0.2, -0.15) is 5.10 Å². The fourth-order valence-corrected chi connectivity index (χ4v) is 1.65. The van der Waals surface area contributed by atoms with E-state index in [-0.39, 0.29) is 0 Å². The van der Waals surface area contributed by atoms with Gasteiger partial charge in [-0.25, -0.2) is 9.67 Å². The van der Waals surface area contributed by atoms with Crippen LogP contribution in [0.2, 0.25) is 0 Å². The number of aromatic nitrogens is 3. The summed E-state index contributed by atoms with van der Waals surface area (Å²) in [4.78, 5) is 4.33. The Morgan fingerprint density at radius 3 is 3.06 bits per heavy atom. The molecule has 0 amide bonds. The number of aryl methyl sites for hydroxylation is 1. The summed E-state index contributed by atoms with van der Waals surface area (Å²) in [6.45, 7) is 6.29. The lowest BCUT2D eigenvalue weighted by atomic mass is 10.3. The highest BCUT2D eigenvalue weighted by molar-refractivity contribution is 5.47. The van der Waals surface area contributed by atoms with E-state index in [1.54, 1.807) is 17.0 Å². The number of hydrogen-bond donors (Lipinski definition) is 2. The lowest BCUT2D eigenvalue weighted by Crippen LogP contribution is -2.21. The van der Waals surface area contributed by atoms with Crippen molar-refractivity contribution >= 4 is 6.08 Å².